The van der Waals surface area contributed by atoms with Crippen molar-refractivity contribution in [1.29, 1.82) is 0 Å². The first kappa shape index (κ1) is 10.4. The van der Waals surface area contributed by atoms with E-state index in [4.69, 9.17) is 5.11 Å². The molecule has 1 rings (SSSR count). The zero-order valence-corrected chi connectivity index (χ0v) is 9.18. The van der Waals surface area contributed by atoms with Crippen molar-refractivity contribution in [3.8, 4) is 0 Å². The quantitative estimate of drug-likeness (QED) is 0.732. The van der Waals surface area contributed by atoms with Crippen LogP contribution in [0.25, 0.3) is 0 Å². The molecule has 1 aliphatic rings. The highest BCUT2D eigenvalue weighted by Crippen LogP contribution is 2.26. The Morgan fingerprint density at radius 3 is 2.42 bits per heavy atom. The van der Waals surface area contributed by atoms with Gasteiger partial charge in [0.15, 0.2) is 0 Å². The standard InChI is InChI=1S/C6H12BrNO3S/c1-8(12(10,11)4-7)5-2-6(9)3-5/h5-6,9H,2-4H2,1H3. The smallest absolute Gasteiger partial charge is 0.224 e. The molecule has 0 radical (unpaired) electrons. The molecule has 0 atom stereocenters. The Labute approximate surface area is 80.7 Å². The molecular weight excluding hydrogens is 246 g/mol. The van der Waals surface area contributed by atoms with E-state index in [1.165, 1.54) is 4.31 Å². The molecule has 4 nitrogen and oxygen atoms in total. The first-order valence-corrected chi connectivity index (χ1v) is 6.40. The van der Waals surface area contributed by atoms with Gasteiger partial charge in [0.25, 0.3) is 0 Å². The summed E-state index contributed by atoms with van der Waals surface area (Å²) in [7, 11) is -1.59. The zero-order chi connectivity index (χ0) is 9.35. The van der Waals surface area contributed by atoms with E-state index in [9.17, 15) is 8.42 Å². The molecule has 0 amide bonds. The molecule has 6 heteroatoms. The van der Waals surface area contributed by atoms with Crippen LogP contribution < -0.4 is 0 Å². The lowest BCUT2D eigenvalue weighted by Crippen LogP contribution is -2.47. The van der Waals surface area contributed by atoms with E-state index in [0.717, 1.165) is 0 Å². The minimum atomic E-state index is -3.14. The average Bonchev–Trinajstić information content (AvgIpc) is 1.97. The van der Waals surface area contributed by atoms with Crippen molar-refractivity contribution in [3.05, 3.63) is 0 Å². The highest BCUT2D eigenvalue weighted by molar-refractivity contribution is 9.10. The van der Waals surface area contributed by atoms with Gasteiger partial charge in [-0.1, -0.05) is 15.9 Å². The summed E-state index contributed by atoms with van der Waals surface area (Å²) in [5, 5.41) is 8.97. The van der Waals surface area contributed by atoms with E-state index in [1.807, 2.05) is 0 Å². The molecule has 0 bridgehead atoms. The van der Waals surface area contributed by atoms with E-state index in [-0.39, 0.29) is 16.8 Å². The van der Waals surface area contributed by atoms with Crippen LogP contribution in [0, 0.1) is 0 Å². The molecule has 1 saturated carbocycles. The van der Waals surface area contributed by atoms with E-state index < -0.39 is 10.0 Å². The number of hydrogen-bond acceptors (Lipinski definition) is 3. The second-order valence-corrected chi connectivity index (χ2v) is 6.35. The number of aliphatic hydroxyl groups excluding tert-OH is 1. The lowest BCUT2D eigenvalue weighted by atomic mass is 9.90. The Morgan fingerprint density at radius 2 is 2.08 bits per heavy atom. The predicted octanol–water partition coefficient (Wildman–Crippen LogP) is 0.124. The lowest BCUT2D eigenvalue weighted by Gasteiger charge is -2.37. The number of aliphatic hydroxyl groups is 1. The van der Waals surface area contributed by atoms with Gasteiger partial charge in [0, 0.05) is 13.1 Å². The number of alkyl halides is 1. The molecule has 1 fully saturated rings. The molecule has 0 aromatic rings. The number of sulfonamides is 1. The van der Waals surface area contributed by atoms with Gasteiger partial charge >= 0.3 is 0 Å². The average molecular weight is 258 g/mol. The number of halogens is 1. The molecule has 72 valence electrons. The Kier molecular flexibility index (Phi) is 3.14. The topological polar surface area (TPSA) is 57.6 Å². The number of nitrogens with zero attached hydrogens (tertiary/aromatic N) is 1. The van der Waals surface area contributed by atoms with Crippen LogP contribution in [0.5, 0.6) is 0 Å². The normalized spacial score (nSPS) is 30.3. The Hall–Kier alpha value is 0.350. The number of rotatable bonds is 3. The molecule has 12 heavy (non-hydrogen) atoms. The summed E-state index contributed by atoms with van der Waals surface area (Å²) < 4.78 is 23.8. The van der Waals surface area contributed by atoms with E-state index in [0.29, 0.717) is 12.8 Å². The lowest BCUT2D eigenvalue weighted by molar-refractivity contribution is 0.0398. The molecule has 0 unspecified atom stereocenters. The minimum absolute atomic E-state index is 0.0115. The summed E-state index contributed by atoms with van der Waals surface area (Å²) in [5.41, 5.74) is 0. The Morgan fingerprint density at radius 1 is 1.58 bits per heavy atom. The molecule has 0 aromatic heterocycles. The first-order chi connectivity index (χ1) is 5.47. The van der Waals surface area contributed by atoms with Crippen molar-refractivity contribution >= 4 is 26.0 Å². The summed E-state index contributed by atoms with van der Waals surface area (Å²) in [6, 6.07) is -0.0115. The van der Waals surface area contributed by atoms with Crippen LogP contribution in [0.1, 0.15) is 12.8 Å². The van der Waals surface area contributed by atoms with E-state index in [1.54, 1.807) is 7.05 Å². The van der Waals surface area contributed by atoms with Crippen molar-refractivity contribution in [2.24, 2.45) is 0 Å². The van der Waals surface area contributed by atoms with Crippen molar-refractivity contribution in [2.45, 2.75) is 25.0 Å². The van der Waals surface area contributed by atoms with Gasteiger partial charge in [0.2, 0.25) is 10.0 Å². The predicted molar refractivity (Wildman–Crippen MR) is 49.5 cm³/mol. The fourth-order valence-corrected chi connectivity index (χ4v) is 2.91. The summed E-state index contributed by atoms with van der Waals surface area (Å²) in [5.74, 6) is 0. The van der Waals surface area contributed by atoms with Crippen LogP contribution in [0.2, 0.25) is 0 Å². The SMILES string of the molecule is CN(C1CC(O)C1)S(=O)(=O)CBr. The van der Waals surface area contributed by atoms with Crippen LogP contribution in [0.4, 0.5) is 0 Å². The largest absolute Gasteiger partial charge is 0.393 e. The third-order valence-corrected chi connectivity index (χ3v) is 5.37. The van der Waals surface area contributed by atoms with Crippen LogP contribution in [0.15, 0.2) is 0 Å². The van der Waals surface area contributed by atoms with Crippen LogP contribution in [-0.2, 0) is 10.0 Å². The maximum Gasteiger partial charge on any atom is 0.224 e. The van der Waals surface area contributed by atoms with Gasteiger partial charge in [-0.3, -0.25) is 0 Å². The maximum absolute atomic E-state index is 11.2. The molecule has 0 spiro atoms. The first-order valence-electron chi connectivity index (χ1n) is 3.67. The molecule has 0 aromatic carbocycles. The van der Waals surface area contributed by atoms with Gasteiger partial charge in [-0.2, -0.15) is 0 Å². The molecule has 0 aliphatic heterocycles. The molecular formula is C6H12BrNO3S. The van der Waals surface area contributed by atoms with Gasteiger partial charge in [-0.25, -0.2) is 12.7 Å². The van der Waals surface area contributed by atoms with Gasteiger partial charge in [0.1, 0.15) is 4.66 Å². The Bertz CT molecular complexity index is 248. The van der Waals surface area contributed by atoms with Crippen LogP contribution in [-0.4, -0.2) is 41.7 Å². The molecule has 1 aliphatic carbocycles. The number of hydrogen-bond donors (Lipinski definition) is 1. The zero-order valence-electron chi connectivity index (χ0n) is 6.77. The highest BCUT2D eigenvalue weighted by Gasteiger charge is 2.35. The highest BCUT2D eigenvalue weighted by atomic mass is 79.9. The fraction of sp³-hybridized carbons (Fsp3) is 1.00. The summed E-state index contributed by atoms with van der Waals surface area (Å²) >= 11 is 2.92. The van der Waals surface area contributed by atoms with Crippen molar-refractivity contribution in [2.75, 3.05) is 11.7 Å². The maximum atomic E-state index is 11.2. The summed E-state index contributed by atoms with van der Waals surface area (Å²) in [6.45, 7) is 0. The second-order valence-electron chi connectivity index (χ2n) is 3.02. The fourth-order valence-electron chi connectivity index (χ4n) is 1.16. The Balaban J connectivity index is 2.54. The molecule has 1 N–H and O–H groups in total. The van der Waals surface area contributed by atoms with Gasteiger partial charge < -0.3 is 5.11 Å². The van der Waals surface area contributed by atoms with E-state index in [2.05, 4.69) is 15.9 Å². The third-order valence-electron chi connectivity index (χ3n) is 2.18. The monoisotopic (exact) mass is 257 g/mol. The minimum Gasteiger partial charge on any atom is -0.393 e. The van der Waals surface area contributed by atoms with Crippen molar-refractivity contribution in [1.82, 2.24) is 4.31 Å². The third kappa shape index (κ3) is 1.99. The van der Waals surface area contributed by atoms with Gasteiger partial charge in [-0.05, 0) is 12.8 Å². The van der Waals surface area contributed by atoms with Crippen molar-refractivity contribution in [3.63, 3.8) is 0 Å². The molecule has 0 saturated heterocycles. The molecule has 0 heterocycles. The van der Waals surface area contributed by atoms with E-state index >= 15 is 0 Å². The van der Waals surface area contributed by atoms with Crippen LogP contribution in [0.3, 0.4) is 0 Å². The summed E-state index contributed by atoms with van der Waals surface area (Å²) in [4.78, 5) is 0. The second kappa shape index (κ2) is 3.61. The van der Waals surface area contributed by atoms with Gasteiger partial charge in [0.05, 0.1) is 6.10 Å². The summed E-state index contributed by atoms with van der Waals surface area (Å²) in [6.07, 6.45) is 0.800. The van der Waals surface area contributed by atoms with Crippen molar-refractivity contribution < 1.29 is 13.5 Å². The van der Waals surface area contributed by atoms with Gasteiger partial charge in [-0.15, -0.1) is 0 Å². The van der Waals surface area contributed by atoms with Crippen LogP contribution >= 0.6 is 15.9 Å².